The van der Waals surface area contributed by atoms with E-state index in [1.807, 2.05) is 22.2 Å². The highest BCUT2D eigenvalue weighted by Gasteiger charge is 2.19. The van der Waals surface area contributed by atoms with Crippen molar-refractivity contribution >= 4 is 39.9 Å². The fourth-order valence-corrected chi connectivity index (χ4v) is 5.34. The lowest BCUT2D eigenvalue weighted by atomic mass is 10.0. The minimum Gasteiger partial charge on any atom is -0.344 e. The lowest BCUT2D eigenvalue weighted by Crippen LogP contribution is -2.30. The molecular formula is C22H20N2OS3. The lowest BCUT2D eigenvalue weighted by molar-refractivity contribution is -0.120. The van der Waals surface area contributed by atoms with Gasteiger partial charge < -0.3 is 5.32 Å². The summed E-state index contributed by atoms with van der Waals surface area (Å²) in [5.74, 6) is -0.0138. The quantitative estimate of drug-likeness (QED) is 0.399. The zero-order chi connectivity index (χ0) is 19.3. The number of thiophene rings is 2. The number of carbonyl (C=O) groups is 1. The van der Waals surface area contributed by atoms with Gasteiger partial charge in [0.15, 0.2) is 0 Å². The van der Waals surface area contributed by atoms with Crippen molar-refractivity contribution < 1.29 is 4.79 Å². The molecule has 0 aliphatic heterocycles. The zero-order valence-electron chi connectivity index (χ0n) is 15.4. The molecule has 142 valence electrons. The molecule has 3 nitrogen and oxygen atoms in total. The first-order chi connectivity index (χ1) is 13.7. The fourth-order valence-electron chi connectivity index (χ4n) is 3.00. The number of hydrogen-bond acceptors (Lipinski definition) is 5. The molecule has 1 atom stereocenters. The van der Waals surface area contributed by atoms with E-state index in [9.17, 15) is 4.79 Å². The predicted octanol–water partition coefficient (Wildman–Crippen LogP) is 5.94. The van der Waals surface area contributed by atoms with Crippen LogP contribution in [0.2, 0.25) is 0 Å². The molecule has 0 aliphatic carbocycles. The Morgan fingerprint density at radius 1 is 1.07 bits per heavy atom. The third-order valence-electron chi connectivity index (χ3n) is 4.52. The van der Waals surface area contributed by atoms with E-state index in [2.05, 4.69) is 59.0 Å². The van der Waals surface area contributed by atoms with Gasteiger partial charge in [0, 0.05) is 21.2 Å². The summed E-state index contributed by atoms with van der Waals surface area (Å²) in [4.78, 5) is 18.5. The Balaban J connectivity index is 1.49. The largest absolute Gasteiger partial charge is 0.344 e. The molecule has 28 heavy (non-hydrogen) atoms. The maximum Gasteiger partial charge on any atom is 0.226 e. The summed E-state index contributed by atoms with van der Waals surface area (Å²) in [6.07, 6.45) is 1.29. The molecule has 0 radical (unpaired) electrons. The van der Waals surface area contributed by atoms with Gasteiger partial charge in [0.05, 0.1) is 18.2 Å². The number of amides is 1. The number of benzene rings is 1. The summed E-state index contributed by atoms with van der Waals surface area (Å²) >= 11 is 4.90. The molecule has 4 rings (SSSR count). The molecule has 1 amide bonds. The van der Waals surface area contributed by atoms with E-state index in [4.69, 9.17) is 0 Å². The molecule has 1 N–H and O–H groups in total. The molecule has 0 fully saturated rings. The second kappa shape index (κ2) is 8.82. The number of carbonyl (C=O) groups excluding carboxylic acids is 1. The van der Waals surface area contributed by atoms with Crippen LogP contribution >= 0.6 is 34.0 Å². The Hall–Kier alpha value is -2.28. The first kappa shape index (κ1) is 19.1. The average Bonchev–Trinajstić information content (AvgIpc) is 3.48. The van der Waals surface area contributed by atoms with Crippen molar-refractivity contribution in [2.24, 2.45) is 0 Å². The van der Waals surface area contributed by atoms with Gasteiger partial charge in [-0.25, -0.2) is 4.98 Å². The molecule has 0 unspecified atom stereocenters. The highest BCUT2D eigenvalue weighted by molar-refractivity contribution is 7.14. The lowest BCUT2D eigenvalue weighted by Gasteiger charge is -2.18. The second-order valence-electron chi connectivity index (χ2n) is 6.44. The van der Waals surface area contributed by atoms with E-state index in [0.717, 1.165) is 33.1 Å². The molecule has 3 aromatic heterocycles. The molecule has 3 heterocycles. The Labute approximate surface area is 176 Å². The molecule has 0 aliphatic rings. The summed E-state index contributed by atoms with van der Waals surface area (Å²) in [6, 6.07) is 14.5. The highest BCUT2D eigenvalue weighted by atomic mass is 32.1. The summed E-state index contributed by atoms with van der Waals surface area (Å²) in [7, 11) is 0. The van der Waals surface area contributed by atoms with Gasteiger partial charge in [-0.15, -0.1) is 22.7 Å². The molecule has 6 heteroatoms. The van der Waals surface area contributed by atoms with Crippen molar-refractivity contribution in [3.8, 4) is 10.6 Å². The van der Waals surface area contributed by atoms with E-state index in [1.54, 1.807) is 34.0 Å². The summed E-state index contributed by atoms with van der Waals surface area (Å²) in [5, 5.41) is 12.3. The number of nitrogens with one attached hydrogen (secondary N) is 1. The number of rotatable bonds is 7. The zero-order valence-corrected chi connectivity index (χ0v) is 17.9. The van der Waals surface area contributed by atoms with Crippen molar-refractivity contribution in [2.45, 2.75) is 25.8 Å². The highest BCUT2D eigenvalue weighted by Crippen LogP contribution is 2.28. The van der Waals surface area contributed by atoms with E-state index < -0.39 is 0 Å². The van der Waals surface area contributed by atoms with Crippen LogP contribution in [0, 0.1) is 0 Å². The fraction of sp³-hybridized carbons (Fsp3) is 0.182. The Morgan fingerprint density at radius 3 is 2.61 bits per heavy atom. The van der Waals surface area contributed by atoms with Crippen LogP contribution in [-0.2, 0) is 17.6 Å². The SMILES string of the molecule is CCc1ccc([C@H](NC(=O)Cc2csc(-c3ccsc3)n2)c2cccs2)cc1. The molecule has 1 aromatic carbocycles. The minimum atomic E-state index is -0.131. The maximum absolute atomic E-state index is 12.8. The molecule has 0 bridgehead atoms. The van der Waals surface area contributed by atoms with Crippen molar-refractivity contribution in [3.05, 3.63) is 85.7 Å². The third-order valence-corrected chi connectivity index (χ3v) is 7.08. The van der Waals surface area contributed by atoms with Gasteiger partial charge in [-0.1, -0.05) is 37.3 Å². The Bertz CT molecular complexity index is 1020. The smallest absolute Gasteiger partial charge is 0.226 e. The molecule has 0 spiro atoms. The van der Waals surface area contributed by atoms with Gasteiger partial charge in [0.2, 0.25) is 5.91 Å². The van der Waals surface area contributed by atoms with E-state index >= 15 is 0 Å². The van der Waals surface area contributed by atoms with E-state index in [0.29, 0.717) is 0 Å². The molecular weight excluding hydrogens is 404 g/mol. The average molecular weight is 425 g/mol. The number of nitrogens with zero attached hydrogens (tertiary/aromatic N) is 1. The van der Waals surface area contributed by atoms with Crippen LogP contribution in [0.25, 0.3) is 10.6 Å². The van der Waals surface area contributed by atoms with Gasteiger partial charge in [0.25, 0.3) is 0 Å². The van der Waals surface area contributed by atoms with Gasteiger partial charge in [-0.3, -0.25) is 4.79 Å². The normalized spacial score (nSPS) is 12.0. The van der Waals surface area contributed by atoms with Gasteiger partial charge in [0.1, 0.15) is 5.01 Å². The minimum absolute atomic E-state index is 0.0138. The summed E-state index contributed by atoms with van der Waals surface area (Å²) < 4.78 is 0. The van der Waals surface area contributed by atoms with Gasteiger partial charge in [-0.2, -0.15) is 11.3 Å². The Morgan fingerprint density at radius 2 is 1.93 bits per heavy atom. The summed E-state index contributed by atoms with van der Waals surface area (Å²) in [6.45, 7) is 2.14. The molecule has 0 saturated carbocycles. The molecule has 4 aromatic rings. The maximum atomic E-state index is 12.8. The Kier molecular flexibility index (Phi) is 6.00. The second-order valence-corrected chi connectivity index (χ2v) is 9.06. The first-order valence-corrected chi connectivity index (χ1v) is 11.8. The molecule has 0 saturated heterocycles. The number of hydrogen-bond donors (Lipinski definition) is 1. The third kappa shape index (κ3) is 4.41. The van der Waals surface area contributed by atoms with Crippen LogP contribution < -0.4 is 5.32 Å². The first-order valence-electron chi connectivity index (χ1n) is 9.11. The van der Waals surface area contributed by atoms with Crippen LogP contribution in [0.15, 0.2) is 64.0 Å². The summed E-state index contributed by atoms with van der Waals surface area (Å²) in [5.41, 5.74) is 4.33. The van der Waals surface area contributed by atoms with Crippen LogP contribution in [0.3, 0.4) is 0 Å². The van der Waals surface area contributed by atoms with Gasteiger partial charge in [-0.05, 0) is 40.4 Å². The van der Waals surface area contributed by atoms with Crippen molar-refractivity contribution in [1.82, 2.24) is 10.3 Å². The van der Waals surface area contributed by atoms with Crippen molar-refractivity contribution in [2.75, 3.05) is 0 Å². The standard InChI is InChI=1S/C22H20N2OS3/c1-2-15-5-7-16(8-6-15)21(19-4-3-10-27-19)24-20(25)12-18-14-28-22(23-18)17-9-11-26-13-17/h3-11,13-14,21H,2,12H2,1H3,(H,24,25)/t21-/m0/s1. The monoisotopic (exact) mass is 424 g/mol. The predicted molar refractivity (Wildman–Crippen MR) is 119 cm³/mol. The van der Waals surface area contributed by atoms with Crippen LogP contribution in [0.1, 0.15) is 34.7 Å². The van der Waals surface area contributed by atoms with Crippen LogP contribution in [0.4, 0.5) is 0 Å². The van der Waals surface area contributed by atoms with E-state index in [1.165, 1.54) is 5.56 Å². The van der Waals surface area contributed by atoms with Crippen molar-refractivity contribution in [3.63, 3.8) is 0 Å². The number of aromatic nitrogens is 1. The number of thiazole rings is 1. The number of aryl methyl sites for hydroxylation is 1. The van der Waals surface area contributed by atoms with Gasteiger partial charge >= 0.3 is 0 Å². The topological polar surface area (TPSA) is 42.0 Å². The van der Waals surface area contributed by atoms with Crippen LogP contribution in [-0.4, -0.2) is 10.9 Å². The van der Waals surface area contributed by atoms with Crippen LogP contribution in [0.5, 0.6) is 0 Å². The van der Waals surface area contributed by atoms with E-state index in [-0.39, 0.29) is 18.4 Å². The van der Waals surface area contributed by atoms with Crippen molar-refractivity contribution in [1.29, 1.82) is 0 Å².